The van der Waals surface area contributed by atoms with Gasteiger partial charge in [-0.2, -0.15) is 0 Å². The van der Waals surface area contributed by atoms with Crippen molar-refractivity contribution in [3.8, 4) is 112 Å². The Morgan fingerprint density at radius 3 is 0.719 bits per heavy atom. The van der Waals surface area contributed by atoms with Crippen LogP contribution in [0, 0.1) is 93.8 Å². The lowest BCUT2D eigenvalue weighted by molar-refractivity contribution is -0.660. The maximum atomic E-state index is 9.34. The van der Waals surface area contributed by atoms with E-state index in [4.69, 9.17) is 1.37 Å². The highest BCUT2D eigenvalue weighted by Gasteiger charge is 2.43. The third-order valence-corrected chi connectivity index (χ3v) is 35.3. The van der Waals surface area contributed by atoms with Crippen molar-refractivity contribution in [2.45, 2.75) is 218 Å². The van der Waals surface area contributed by atoms with E-state index in [9.17, 15) is 2.74 Å². The van der Waals surface area contributed by atoms with Crippen molar-refractivity contribution in [3.63, 3.8) is 0 Å². The highest BCUT2D eigenvalue weighted by molar-refractivity contribution is 5.76. The van der Waals surface area contributed by atoms with Crippen LogP contribution < -0.4 is 22.8 Å². The van der Waals surface area contributed by atoms with Crippen LogP contribution in [0.15, 0.2) is 334 Å². The summed E-state index contributed by atoms with van der Waals surface area (Å²) in [7, 11) is 10.6. The van der Waals surface area contributed by atoms with Gasteiger partial charge in [0.1, 0.15) is 35.2 Å². The highest BCUT2D eigenvalue weighted by atomic mass is 14.9. The minimum Gasteiger partial charge on any atom is -0.201 e. The van der Waals surface area contributed by atoms with Gasteiger partial charge in [-0.15, -0.1) is 0 Å². The van der Waals surface area contributed by atoms with Crippen LogP contribution in [0.1, 0.15) is 243 Å². The summed E-state index contributed by atoms with van der Waals surface area (Å²) >= 11 is 0. The lowest BCUT2D eigenvalue weighted by Crippen LogP contribution is -2.30. The third kappa shape index (κ3) is 20.5. The minimum absolute atomic E-state index is 0.350. The number of rotatable bonds is 15. The second-order valence-corrected chi connectivity index (χ2v) is 43.9. The predicted molar refractivity (Wildman–Crippen MR) is 576 cm³/mol. The molecular formula is C134H148N5+5. The molecule has 0 N–H and O–H groups in total. The predicted octanol–water partition coefficient (Wildman–Crippen LogP) is 31.8. The Morgan fingerprint density at radius 1 is 0.187 bits per heavy atom. The fourth-order valence-electron chi connectivity index (χ4n) is 27.0. The number of aromatic nitrogens is 5. The van der Waals surface area contributed by atoms with E-state index in [0.717, 1.165) is 72.5 Å². The van der Waals surface area contributed by atoms with Crippen molar-refractivity contribution in [2.75, 3.05) is 0 Å². The summed E-state index contributed by atoms with van der Waals surface area (Å²) < 4.78 is 38.7. The standard InChI is InChI=1S/4C27H30N.C26H28N/c2*1-19-6-3-4-9-25(19)27-18-23(14-15-28(27)2)22-7-5-8-24(17-22)26-16-20-10-12-21(26)13-11-20;2*1-19-5-3-4-6-25(19)27-18-24(15-16-28(27)2)21-11-13-23(14-12-21)26-17-20-7-9-22(26)10-8-20;1-18-5-3-4-6-24(18)26-17-22(13-14-27(26)2)20-9-11-21(12-10-20)25-16-19-7-8-23(25)15-19/h2*3-9,14-15,17-18,20-21,26H,10-13,16H2,1-2H3;2*3-6,11-16,18,20,22,26H,7-10,17H2,1-2H3;3-6,9-14,17,19,23,25H,7-8,15-16H2,1-2H3/q5*+1/i26D;;26D;;25D. The van der Waals surface area contributed by atoms with E-state index in [1.165, 1.54) is 291 Å². The largest absolute Gasteiger partial charge is 0.213 e. The van der Waals surface area contributed by atoms with Gasteiger partial charge in [0, 0.05) is 92.6 Å². The Bertz CT molecular complexity index is 7020. The molecule has 139 heavy (non-hydrogen) atoms. The number of benzene rings is 10. The molecule has 704 valence electrons. The van der Waals surface area contributed by atoms with Gasteiger partial charge in [0.05, 0.1) is 0 Å². The first kappa shape index (κ1) is 89.6. The fourth-order valence-corrected chi connectivity index (χ4v) is 27.0. The highest BCUT2D eigenvalue weighted by Crippen LogP contribution is 2.56. The zero-order valence-corrected chi connectivity index (χ0v) is 84.4. The Balaban J connectivity index is 0.000000105. The van der Waals surface area contributed by atoms with Crippen LogP contribution in [0.3, 0.4) is 0 Å². The van der Waals surface area contributed by atoms with Crippen molar-refractivity contribution in [1.82, 2.24) is 0 Å². The minimum atomic E-state index is -0.393. The van der Waals surface area contributed by atoms with E-state index in [1.807, 2.05) is 0 Å². The molecule has 0 spiro atoms. The number of hydrogen-bond donors (Lipinski definition) is 0. The molecule has 10 bridgehead atoms. The summed E-state index contributed by atoms with van der Waals surface area (Å²) in [6.45, 7) is 10.9. The maximum Gasteiger partial charge on any atom is 0.213 e. The molecule has 7 unspecified atom stereocenters. The Labute approximate surface area is 835 Å². The molecule has 5 aromatic heterocycles. The van der Waals surface area contributed by atoms with Gasteiger partial charge in [0.25, 0.3) is 0 Å². The molecular weight excluding hydrogens is 1680 g/mol. The average Bonchev–Trinajstić information content (AvgIpc) is 1.70. The van der Waals surface area contributed by atoms with Gasteiger partial charge in [-0.25, -0.2) is 22.8 Å². The molecule has 14 aliphatic rings. The average molecular weight is 1830 g/mol. The molecule has 7 atom stereocenters. The molecule has 15 aromatic rings. The smallest absolute Gasteiger partial charge is 0.201 e. The SMILES string of the molecule is Cc1ccccc1-c1cc(-c2ccc(C3CC4CCC3CC4)cc2)cc[n+]1C.Cc1ccccc1-c1cc(-c2cccc(C3CC4CCC3CC4)c2)cc[n+]1C.[2H]C1(c2ccc(-c3cc[n+](C)c(-c4ccccc4C)c3)cc2)CC2CCC1C2.[2H]C1(c2ccc(-c3cc[n+](C)c(-c4ccccc4C)c3)cc2)CC2CCC1CC2.[2H]C1(c2cccc(-c3cc[n+](C)c(-c4ccccc4C)c3)c2)CC2CCC1CC2. The molecule has 14 saturated carbocycles. The summed E-state index contributed by atoms with van der Waals surface area (Å²) in [5, 5.41) is 0. The molecule has 5 heteroatoms. The molecule has 0 aliphatic heterocycles. The first-order valence-corrected chi connectivity index (χ1v) is 53.3. The molecule has 14 aliphatic carbocycles. The molecule has 0 saturated heterocycles. The summed E-state index contributed by atoms with van der Waals surface area (Å²) in [5.41, 5.74) is 38.6. The third-order valence-electron chi connectivity index (χ3n) is 35.3. The molecule has 5 nitrogen and oxygen atoms in total. The van der Waals surface area contributed by atoms with E-state index >= 15 is 0 Å². The van der Waals surface area contributed by atoms with Gasteiger partial charge < -0.3 is 0 Å². The molecule has 5 heterocycles. The number of hydrogen-bond acceptors (Lipinski definition) is 0. The van der Waals surface area contributed by atoms with E-state index in [2.05, 4.69) is 427 Å². The van der Waals surface area contributed by atoms with Crippen molar-refractivity contribution < 1.29 is 26.9 Å². The van der Waals surface area contributed by atoms with E-state index in [0.29, 0.717) is 17.8 Å². The number of nitrogens with zero attached hydrogens (tertiary/aromatic N) is 5. The monoisotopic (exact) mass is 1830 g/mol. The normalized spacial score (nSPS) is 25.6. The Hall–Kier alpha value is -12.1. The van der Waals surface area contributed by atoms with Gasteiger partial charge >= 0.3 is 0 Å². The van der Waals surface area contributed by atoms with Gasteiger partial charge in [0.15, 0.2) is 31.0 Å². The molecule has 0 radical (unpaired) electrons. The first-order chi connectivity index (χ1) is 69.0. The number of aryl methyl sites for hydroxylation is 10. The number of fused-ring (bicyclic) bond motifs is 14. The van der Waals surface area contributed by atoms with Crippen LogP contribution in [0.4, 0.5) is 0 Å². The summed E-state index contributed by atoms with van der Waals surface area (Å²) in [6, 6.07) is 111. The van der Waals surface area contributed by atoms with Crippen LogP contribution >= 0.6 is 0 Å². The first-order valence-electron chi connectivity index (χ1n) is 54.8. The lowest BCUT2D eigenvalue weighted by Gasteiger charge is -2.42. The molecule has 14 fully saturated rings. The van der Waals surface area contributed by atoms with Gasteiger partial charge in [-0.05, 0) is 361 Å². The molecule has 29 rings (SSSR count). The van der Waals surface area contributed by atoms with Gasteiger partial charge in [-0.3, -0.25) is 0 Å². The van der Waals surface area contributed by atoms with Crippen LogP contribution in [0.2, 0.25) is 0 Å². The Kier molecular flexibility index (Phi) is 26.9. The zero-order valence-electron chi connectivity index (χ0n) is 87.4. The van der Waals surface area contributed by atoms with Crippen molar-refractivity contribution in [2.24, 2.45) is 94.4 Å². The van der Waals surface area contributed by atoms with E-state index in [1.54, 1.807) is 11.1 Å². The van der Waals surface area contributed by atoms with Gasteiger partial charge in [-0.1, -0.05) is 270 Å². The van der Waals surface area contributed by atoms with Crippen LogP contribution in [0.25, 0.3) is 112 Å². The number of pyridine rings is 5. The van der Waals surface area contributed by atoms with Gasteiger partial charge in [0.2, 0.25) is 28.5 Å². The second-order valence-electron chi connectivity index (χ2n) is 43.9. The van der Waals surface area contributed by atoms with Crippen molar-refractivity contribution >= 4 is 0 Å². The Morgan fingerprint density at radius 2 is 0.432 bits per heavy atom. The molecule has 10 aromatic carbocycles. The topological polar surface area (TPSA) is 19.4 Å². The maximum absolute atomic E-state index is 9.34. The van der Waals surface area contributed by atoms with E-state index in [-0.39, 0.29) is 11.8 Å². The lowest BCUT2D eigenvalue weighted by atomic mass is 9.63. The summed E-state index contributed by atoms with van der Waals surface area (Å²) in [4.78, 5) is 0. The van der Waals surface area contributed by atoms with Crippen LogP contribution in [-0.2, 0) is 35.2 Å². The van der Waals surface area contributed by atoms with Crippen LogP contribution in [-0.4, -0.2) is 0 Å². The summed E-state index contributed by atoms with van der Waals surface area (Å²) in [5.74, 6) is 8.22. The fraction of sp³-hybridized carbons (Fsp3) is 0.366. The second kappa shape index (κ2) is 41.8. The van der Waals surface area contributed by atoms with E-state index < -0.39 is 5.89 Å². The van der Waals surface area contributed by atoms with Crippen molar-refractivity contribution in [1.29, 1.82) is 0 Å². The summed E-state index contributed by atoms with van der Waals surface area (Å²) in [6.07, 6.45) is 42.6. The van der Waals surface area contributed by atoms with Crippen molar-refractivity contribution in [3.05, 3.63) is 390 Å². The molecule has 0 amide bonds. The zero-order chi connectivity index (χ0) is 97.5. The van der Waals surface area contributed by atoms with Crippen LogP contribution in [0.5, 0.6) is 0 Å². The quantitative estimate of drug-likeness (QED) is 0.0912.